The minimum absolute atomic E-state index is 0.841. The molecule has 53 heavy (non-hydrogen) atoms. The van der Waals surface area contributed by atoms with Gasteiger partial charge in [-0.05, 0) is 88.0 Å². The summed E-state index contributed by atoms with van der Waals surface area (Å²) in [7, 11) is 0. The third-order valence-corrected chi connectivity index (χ3v) is 11.0. The fraction of sp³-hybridized carbons (Fsp3) is 0. The second-order valence-electron chi connectivity index (χ2n) is 13.2. The van der Waals surface area contributed by atoms with Crippen molar-refractivity contribution in [3.63, 3.8) is 0 Å². The molecule has 0 bridgehead atoms. The van der Waals surface area contributed by atoms with Crippen LogP contribution in [0.5, 0.6) is 0 Å². The van der Waals surface area contributed by atoms with Gasteiger partial charge in [-0.15, -0.1) is 11.3 Å². The molecule has 3 nitrogen and oxygen atoms in total. The largest absolute Gasteiger partial charge is 0.456 e. The Hall–Kier alpha value is -6.75. The van der Waals surface area contributed by atoms with E-state index in [1.807, 2.05) is 6.07 Å². The van der Waals surface area contributed by atoms with Gasteiger partial charge in [-0.1, -0.05) is 133 Å². The van der Waals surface area contributed by atoms with Crippen molar-refractivity contribution in [3.8, 4) is 44.0 Å². The summed E-state index contributed by atoms with van der Waals surface area (Å²) in [4.78, 5) is 7.35. The lowest BCUT2D eigenvalue weighted by Crippen LogP contribution is -2.10. The van der Waals surface area contributed by atoms with Crippen molar-refractivity contribution >= 4 is 60.6 Å². The van der Waals surface area contributed by atoms with E-state index >= 15 is 0 Å². The fourth-order valence-corrected chi connectivity index (χ4v) is 8.42. The minimum Gasteiger partial charge on any atom is -0.456 e. The number of hydrogen-bond donors (Lipinski definition) is 0. The summed E-state index contributed by atoms with van der Waals surface area (Å²) in [5.74, 6) is 0. The molecule has 0 saturated heterocycles. The molecule has 0 unspecified atom stereocenters. The number of hydrogen-bond acceptors (Lipinski definition) is 4. The normalized spacial score (nSPS) is 11.4. The lowest BCUT2D eigenvalue weighted by molar-refractivity contribution is 0.669. The van der Waals surface area contributed by atoms with E-state index in [4.69, 9.17) is 9.40 Å². The van der Waals surface area contributed by atoms with E-state index in [9.17, 15) is 0 Å². The zero-order valence-corrected chi connectivity index (χ0v) is 29.5. The maximum atomic E-state index is 6.65. The topological polar surface area (TPSA) is 29.3 Å². The monoisotopic (exact) mass is 696 g/mol. The number of benzene rings is 8. The molecule has 0 spiro atoms. The molecule has 8 aromatic carbocycles. The molecule has 0 aliphatic carbocycles. The highest BCUT2D eigenvalue weighted by Gasteiger charge is 2.20. The van der Waals surface area contributed by atoms with Crippen LogP contribution in [0.2, 0.25) is 0 Å². The first-order valence-corrected chi connectivity index (χ1v) is 18.6. The molecule has 2 aromatic heterocycles. The van der Waals surface area contributed by atoms with Crippen LogP contribution in [0, 0.1) is 0 Å². The maximum Gasteiger partial charge on any atom is 0.137 e. The number of fused-ring (bicyclic) bond motifs is 5. The Labute approximate surface area is 311 Å². The summed E-state index contributed by atoms with van der Waals surface area (Å²) in [6.45, 7) is 0. The van der Waals surface area contributed by atoms with E-state index in [0.717, 1.165) is 70.9 Å². The van der Waals surface area contributed by atoms with Crippen LogP contribution in [0.4, 0.5) is 17.1 Å². The minimum atomic E-state index is 0.841. The number of furan rings is 1. The van der Waals surface area contributed by atoms with Crippen LogP contribution in [0.1, 0.15) is 0 Å². The van der Waals surface area contributed by atoms with Gasteiger partial charge in [-0.3, -0.25) is 0 Å². The zero-order valence-electron chi connectivity index (χ0n) is 28.7. The van der Waals surface area contributed by atoms with Gasteiger partial charge in [0, 0.05) is 39.5 Å². The zero-order chi connectivity index (χ0) is 35.1. The van der Waals surface area contributed by atoms with Gasteiger partial charge in [-0.2, -0.15) is 0 Å². The molecule has 0 aliphatic heterocycles. The molecule has 0 atom stereocenters. The average molecular weight is 697 g/mol. The highest BCUT2D eigenvalue weighted by Crippen LogP contribution is 2.44. The van der Waals surface area contributed by atoms with Gasteiger partial charge < -0.3 is 9.32 Å². The summed E-state index contributed by atoms with van der Waals surface area (Å²) < 4.78 is 7.80. The van der Waals surface area contributed by atoms with E-state index in [2.05, 4.69) is 193 Å². The lowest BCUT2D eigenvalue weighted by atomic mass is 9.97. The second kappa shape index (κ2) is 13.1. The molecule has 0 fully saturated rings. The molecule has 4 heteroatoms. The van der Waals surface area contributed by atoms with Crippen molar-refractivity contribution in [2.24, 2.45) is 0 Å². The molecule has 10 aromatic rings. The van der Waals surface area contributed by atoms with E-state index in [1.165, 1.54) is 22.3 Å². The van der Waals surface area contributed by atoms with E-state index in [-0.39, 0.29) is 0 Å². The van der Waals surface area contributed by atoms with E-state index in [0.29, 0.717) is 0 Å². The molecule has 10 rings (SSSR count). The van der Waals surface area contributed by atoms with Gasteiger partial charge in [0.1, 0.15) is 16.2 Å². The summed E-state index contributed by atoms with van der Waals surface area (Å²) >= 11 is 1.72. The molecule has 0 N–H and O–H groups in total. The molecule has 0 aliphatic rings. The van der Waals surface area contributed by atoms with Crippen molar-refractivity contribution in [2.45, 2.75) is 0 Å². The Balaban J connectivity index is 1.16. The fourth-order valence-electron chi connectivity index (χ4n) is 7.29. The Morgan fingerprint density at radius 1 is 0.396 bits per heavy atom. The molecule has 0 amide bonds. The number of anilines is 3. The van der Waals surface area contributed by atoms with Crippen LogP contribution in [0.15, 0.2) is 199 Å². The summed E-state index contributed by atoms with van der Waals surface area (Å²) in [6.07, 6.45) is 0. The van der Waals surface area contributed by atoms with Gasteiger partial charge in [-0.25, -0.2) is 4.98 Å². The smallest absolute Gasteiger partial charge is 0.137 e. The van der Waals surface area contributed by atoms with Gasteiger partial charge >= 0.3 is 0 Å². The molecular formula is C49H32N2OS. The van der Waals surface area contributed by atoms with E-state index in [1.54, 1.807) is 11.3 Å². The molecule has 0 saturated carbocycles. The molecule has 0 radical (unpaired) electrons. The summed E-state index contributed by atoms with van der Waals surface area (Å²) in [5.41, 5.74) is 14.0. The van der Waals surface area contributed by atoms with Crippen molar-refractivity contribution in [2.75, 3.05) is 4.90 Å². The first-order valence-electron chi connectivity index (χ1n) is 17.8. The first kappa shape index (κ1) is 31.0. The van der Waals surface area contributed by atoms with Crippen LogP contribution in [-0.4, -0.2) is 4.98 Å². The Morgan fingerprint density at radius 2 is 0.925 bits per heavy atom. The Bertz CT molecular complexity index is 2800. The molecular weight excluding hydrogens is 665 g/mol. The Kier molecular flexibility index (Phi) is 7.67. The second-order valence-corrected chi connectivity index (χ2v) is 14.2. The standard InChI is InChI=1S/C49H32N2OS/c1-5-13-33(14-6-1)36-21-23-40(24-22-36)51(42-30-38(34-15-7-2-8-16-34)29-39(31-42)35-17-9-3-10-18-35)41-25-26-43-46(32-41)52-45-28-27-44-48(47(43)45)53-49(50-44)37-19-11-4-12-20-37/h1-32H. The third-order valence-electron chi connectivity index (χ3n) is 9.88. The van der Waals surface area contributed by atoms with Crippen molar-refractivity contribution < 1.29 is 4.42 Å². The van der Waals surface area contributed by atoms with Crippen molar-refractivity contribution in [1.29, 1.82) is 0 Å². The number of thiazole rings is 1. The van der Waals surface area contributed by atoms with Gasteiger partial charge in [0.25, 0.3) is 0 Å². The van der Waals surface area contributed by atoms with Gasteiger partial charge in [0.2, 0.25) is 0 Å². The maximum absolute atomic E-state index is 6.65. The van der Waals surface area contributed by atoms with Gasteiger partial charge in [0.05, 0.1) is 10.2 Å². The van der Waals surface area contributed by atoms with Crippen molar-refractivity contribution in [3.05, 3.63) is 194 Å². The third kappa shape index (κ3) is 5.76. The predicted molar refractivity (Wildman–Crippen MR) is 223 cm³/mol. The van der Waals surface area contributed by atoms with Crippen molar-refractivity contribution in [1.82, 2.24) is 4.98 Å². The number of aromatic nitrogens is 1. The van der Waals surface area contributed by atoms with Crippen LogP contribution in [-0.2, 0) is 0 Å². The van der Waals surface area contributed by atoms with E-state index < -0.39 is 0 Å². The first-order chi connectivity index (χ1) is 26.2. The molecule has 2 heterocycles. The predicted octanol–water partition coefficient (Wildman–Crippen LogP) is 14.3. The number of rotatable bonds is 7. The SMILES string of the molecule is c1ccc(-c2ccc(N(c3cc(-c4ccccc4)cc(-c4ccccc4)c3)c3ccc4c(c3)oc3ccc5nc(-c6ccccc6)sc5c34)cc2)cc1. The highest BCUT2D eigenvalue weighted by molar-refractivity contribution is 7.22. The Morgan fingerprint density at radius 3 is 1.53 bits per heavy atom. The summed E-state index contributed by atoms with van der Waals surface area (Å²) in [6, 6.07) is 68.6. The van der Waals surface area contributed by atoms with Crippen LogP contribution in [0.3, 0.4) is 0 Å². The lowest BCUT2D eigenvalue weighted by Gasteiger charge is -2.27. The number of nitrogens with zero attached hydrogens (tertiary/aromatic N) is 2. The summed E-state index contributed by atoms with van der Waals surface area (Å²) in [5, 5.41) is 3.21. The van der Waals surface area contributed by atoms with Crippen LogP contribution < -0.4 is 4.90 Å². The van der Waals surface area contributed by atoms with Crippen LogP contribution >= 0.6 is 11.3 Å². The van der Waals surface area contributed by atoms with Gasteiger partial charge in [0.15, 0.2) is 0 Å². The highest BCUT2D eigenvalue weighted by atomic mass is 32.1. The van der Waals surface area contributed by atoms with Crippen LogP contribution in [0.25, 0.3) is 76.1 Å². The molecule has 250 valence electrons. The quantitative estimate of drug-likeness (QED) is 0.166. The average Bonchev–Trinajstić information content (AvgIpc) is 3.84.